The fourth-order valence-corrected chi connectivity index (χ4v) is 5.45. The van der Waals surface area contributed by atoms with E-state index in [2.05, 4.69) is 25.3 Å². The number of piperidine rings is 1. The number of benzene rings is 1. The van der Waals surface area contributed by atoms with Gasteiger partial charge >= 0.3 is 5.97 Å². The van der Waals surface area contributed by atoms with Crippen molar-refractivity contribution in [2.45, 2.75) is 23.1 Å². The minimum Gasteiger partial charge on any atom is -0.461 e. The first-order valence-corrected chi connectivity index (χ1v) is 12.1. The molecule has 1 saturated heterocycles. The van der Waals surface area contributed by atoms with E-state index in [1.807, 2.05) is 0 Å². The van der Waals surface area contributed by atoms with Crippen LogP contribution in [0, 0.1) is 17.6 Å². The second kappa shape index (κ2) is 8.71. The number of ether oxygens (including phenoxy) is 1. The maximum Gasteiger partial charge on any atom is 0.357 e. The van der Waals surface area contributed by atoms with Gasteiger partial charge in [0.1, 0.15) is 5.76 Å². The lowest BCUT2D eigenvalue weighted by Crippen LogP contribution is -2.48. The number of esters is 1. The van der Waals surface area contributed by atoms with Crippen LogP contribution in [0.2, 0.25) is 0 Å². The van der Waals surface area contributed by atoms with E-state index >= 15 is 0 Å². The Morgan fingerprint density at radius 1 is 1.22 bits per heavy atom. The van der Waals surface area contributed by atoms with Crippen LogP contribution in [-0.4, -0.2) is 52.1 Å². The molecule has 2 aliphatic rings. The number of halogens is 2. The maximum absolute atomic E-state index is 13.6. The summed E-state index contributed by atoms with van der Waals surface area (Å²) < 4.78 is 38.4. The molecule has 4 aromatic rings. The summed E-state index contributed by atoms with van der Waals surface area (Å²) in [5.74, 6) is -2.99. The average Bonchev–Trinajstić information content (AvgIpc) is 3.57. The van der Waals surface area contributed by atoms with Crippen molar-refractivity contribution in [2.24, 2.45) is 10.9 Å². The van der Waals surface area contributed by atoms with E-state index in [0.717, 1.165) is 23.9 Å². The predicted molar refractivity (Wildman–Crippen MR) is 126 cm³/mol. The number of aromatic amines is 2. The fraction of sp³-hybridized carbons (Fsp3) is 0.250. The van der Waals surface area contributed by atoms with Gasteiger partial charge in [0.05, 0.1) is 41.7 Å². The summed E-state index contributed by atoms with van der Waals surface area (Å²) >= 11 is 1.15. The van der Waals surface area contributed by atoms with E-state index < -0.39 is 29.4 Å². The van der Waals surface area contributed by atoms with Crippen molar-refractivity contribution in [3.05, 3.63) is 59.1 Å². The highest BCUT2D eigenvalue weighted by molar-refractivity contribution is 7.99. The molecule has 6 rings (SSSR count). The van der Waals surface area contributed by atoms with Crippen molar-refractivity contribution in [1.29, 1.82) is 0 Å². The molecule has 0 amide bonds. The van der Waals surface area contributed by atoms with Crippen LogP contribution in [0.25, 0.3) is 11.0 Å². The minimum absolute atomic E-state index is 0.0264. The second-order valence-electron chi connectivity index (χ2n) is 8.40. The predicted octanol–water partition coefficient (Wildman–Crippen LogP) is 4.10. The highest BCUT2D eigenvalue weighted by atomic mass is 32.2. The monoisotopic (exact) mass is 511 g/mol. The number of carbonyl (C=O) groups is 2. The van der Waals surface area contributed by atoms with Gasteiger partial charge in [0.2, 0.25) is 0 Å². The van der Waals surface area contributed by atoms with Gasteiger partial charge < -0.3 is 24.4 Å². The van der Waals surface area contributed by atoms with Gasteiger partial charge in [-0.2, -0.15) is 0 Å². The summed E-state index contributed by atoms with van der Waals surface area (Å²) in [6.07, 6.45) is 1.67. The zero-order valence-corrected chi connectivity index (χ0v) is 19.7. The number of furan rings is 1. The van der Waals surface area contributed by atoms with E-state index in [4.69, 9.17) is 9.15 Å². The Morgan fingerprint density at radius 3 is 2.89 bits per heavy atom. The highest BCUT2D eigenvalue weighted by Crippen LogP contribution is 2.46. The number of hydrogen-bond donors (Lipinski definition) is 3. The number of ketones is 1. The van der Waals surface area contributed by atoms with Crippen LogP contribution in [0.1, 0.15) is 34.7 Å². The van der Waals surface area contributed by atoms with Crippen molar-refractivity contribution in [3.8, 4) is 0 Å². The van der Waals surface area contributed by atoms with Crippen molar-refractivity contribution in [2.75, 3.05) is 19.7 Å². The molecular weight excluding hydrogens is 492 g/mol. The number of rotatable bonds is 5. The molecule has 2 atom stereocenters. The van der Waals surface area contributed by atoms with E-state index in [1.54, 1.807) is 25.3 Å². The molecule has 1 fully saturated rings. The summed E-state index contributed by atoms with van der Waals surface area (Å²) in [5.41, 5.74) is 2.61. The molecule has 184 valence electrons. The Morgan fingerprint density at radius 2 is 2.06 bits per heavy atom. The number of aromatic nitrogens is 3. The summed E-state index contributed by atoms with van der Waals surface area (Å²) in [7, 11) is 0. The first-order valence-electron chi connectivity index (χ1n) is 11.2. The van der Waals surface area contributed by atoms with E-state index in [0.29, 0.717) is 50.5 Å². The number of fused-ring (bicyclic) bond motifs is 3. The first-order chi connectivity index (χ1) is 17.4. The summed E-state index contributed by atoms with van der Waals surface area (Å²) in [6, 6.07) is 5.59. The standard InChI is InChI=1S/C24H19F2N5O4S/c1-2-34-23(33)22-21-10(7-28-22)19(20-15(29-21)8-27-9-16(20)32)17-3-4-18(35-17)36-24-30-13-5-11(25)12(26)6-14(13)31-24/h3-7,19-20,27-28H,2,8-9H2,1H3,(H,30,31). The van der Waals surface area contributed by atoms with Crippen molar-refractivity contribution in [1.82, 2.24) is 20.3 Å². The second-order valence-corrected chi connectivity index (χ2v) is 9.39. The van der Waals surface area contributed by atoms with Gasteiger partial charge in [0, 0.05) is 36.1 Å². The summed E-state index contributed by atoms with van der Waals surface area (Å²) in [4.78, 5) is 40.3. The molecule has 2 aliphatic heterocycles. The maximum atomic E-state index is 13.6. The molecule has 9 nitrogen and oxygen atoms in total. The van der Waals surface area contributed by atoms with Gasteiger partial charge in [-0.05, 0) is 30.8 Å². The number of nitrogens with zero attached hydrogens (tertiary/aromatic N) is 2. The molecule has 2 unspecified atom stereocenters. The highest BCUT2D eigenvalue weighted by Gasteiger charge is 2.44. The number of aliphatic imine (C=N–C) groups is 1. The van der Waals surface area contributed by atoms with Gasteiger partial charge in [-0.15, -0.1) is 0 Å². The summed E-state index contributed by atoms with van der Waals surface area (Å²) in [5, 5.41) is 3.92. The van der Waals surface area contributed by atoms with Crippen LogP contribution >= 0.6 is 11.8 Å². The zero-order valence-electron chi connectivity index (χ0n) is 18.9. The molecule has 1 aromatic carbocycles. The third-order valence-electron chi connectivity index (χ3n) is 6.20. The topological polar surface area (TPSA) is 125 Å². The van der Waals surface area contributed by atoms with Crippen LogP contribution in [-0.2, 0) is 9.53 Å². The average molecular weight is 512 g/mol. The molecule has 0 saturated carbocycles. The number of carbonyl (C=O) groups excluding carboxylic acids is 2. The Kier molecular flexibility index (Phi) is 5.49. The molecule has 36 heavy (non-hydrogen) atoms. The number of nitrogens with one attached hydrogen (secondary N) is 3. The largest absolute Gasteiger partial charge is 0.461 e. The molecule has 0 radical (unpaired) electrons. The summed E-state index contributed by atoms with van der Waals surface area (Å²) in [6.45, 7) is 2.56. The van der Waals surface area contributed by atoms with Crippen molar-refractivity contribution in [3.63, 3.8) is 0 Å². The number of H-pyrrole nitrogens is 2. The first kappa shape index (κ1) is 22.7. The van der Waals surface area contributed by atoms with Gasteiger partial charge in [-0.3, -0.25) is 9.79 Å². The Hall–Kier alpha value is -3.77. The normalized spacial score (nSPS) is 19.2. The third kappa shape index (κ3) is 3.73. The van der Waals surface area contributed by atoms with E-state index in [1.165, 1.54) is 0 Å². The molecule has 0 aliphatic carbocycles. The Labute approximate surface area is 206 Å². The number of imidazole rings is 1. The number of hydrogen-bond acceptors (Lipinski definition) is 8. The SMILES string of the molecule is CCOC(=O)c1[nH]cc2c1N=C1CNCC(=O)C1C2c1ccc(Sc2nc3cc(F)c(F)cc3[nH]2)o1. The lowest BCUT2D eigenvalue weighted by Gasteiger charge is -2.33. The van der Waals surface area contributed by atoms with Crippen LogP contribution in [0.5, 0.6) is 0 Å². The molecule has 12 heteroatoms. The van der Waals surface area contributed by atoms with Crippen molar-refractivity contribution >= 4 is 45.9 Å². The third-order valence-corrected chi connectivity index (χ3v) is 7.01. The quantitative estimate of drug-likeness (QED) is 0.345. The zero-order chi connectivity index (χ0) is 25.0. The van der Waals surface area contributed by atoms with Crippen LogP contribution < -0.4 is 5.32 Å². The Bertz CT molecular complexity index is 1520. The lowest BCUT2D eigenvalue weighted by molar-refractivity contribution is -0.121. The lowest BCUT2D eigenvalue weighted by atomic mass is 9.75. The van der Waals surface area contributed by atoms with Crippen LogP contribution in [0.15, 0.2) is 50.1 Å². The molecule has 0 bridgehead atoms. The van der Waals surface area contributed by atoms with Crippen LogP contribution in [0.3, 0.4) is 0 Å². The van der Waals surface area contributed by atoms with Gasteiger partial charge in [-0.1, -0.05) is 0 Å². The van der Waals surface area contributed by atoms with Gasteiger partial charge in [-0.25, -0.2) is 18.6 Å². The molecule has 3 N–H and O–H groups in total. The van der Waals surface area contributed by atoms with E-state index in [-0.39, 0.29) is 24.6 Å². The fourth-order valence-electron chi connectivity index (χ4n) is 4.68. The van der Waals surface area contributed by atoms with Crippen molar-refractivity contribution < 1.29 is 27.5 Å². The van der Waals surface area contributed by atoms with Crippen LogP contribution in [0.4, 0.5) is 14.5 Å². The minimum atomic E-state index is -0.975. The Balaban J connectivity index is 1.36. The van der Waals surface area contributed by atoms with Gasteiger partial charge in [0.25, 0.3) is 0 Å². The van der Waals surface area contributed by atoms with Gasteiger partial charge in [0.15, 0.2) is 33.4 Å². The number of Topliss-reactive ketones (excluding diaryl/α,β-unsaturated/α-hetero) is 1. The van der Waals surface area contributed by atoms with E-state index in [9.17, 15) is 18.4 Å². The smallest absolute Gasteiger partial charge is 0.357 e. The molecule has 3 aromatic heterocycles. The molecular formula is C24H19F2N5O4S. The molecule has 5 heterocycles. The molecule has 0 spiro atoms.